The van der Waals surface area contributed by atoms with Crippen LogP contribution < -0.4 is 5.32 Å². The molecule has 7 nitrogen and oxygen atoms in total. The van der Waals surface area contributed by atoms with E-state index in [1.54, 1.807) is 17.5 Å². The van der Waals surface area contributed by atoms with Crippen LogP contribution in [-0.2, 0) is 19.1 Å². The van der Waals surface area contributed by atoms with Crippen molar-refractivity contribution in [3.63, 3.8) is 0 Å². The maximum Gasteiger partial charge on any atom is 0.311 e. The van der Waals surface area contributed by atoms with Gasteiger partial charge < -0.3 is 9.64 Å². The normalized spacial score (nSPS) is 27.5. The van der Waals surface area contributed by atoms with Crippen molar-refractivity contribution in [1.29, 1.82) is 0 Å². The van der Waals surface area contributed by atoms with Crippen LogP contribution >= 0.6 is 11.3 Å². The van der Waals surface area contributed by atoms with Crippen molar-refractivity contribution >= 4 is 35.0 Å². The Hall–Kier alpha value is -2.22. The molecule has 3 amide bonds. The minimum atomic E-state index is -0.678. The molecule has 1 aromatic rings. The molecule has 1 aliphatic heterocycles. The molecule has 152 valence electrons. The van der Waals surface area contributed by atoms with Gasteiger partial charge in [0.05, 0.1) is 10.8 Å². The van der Waals surface area contributed by atoms with Gasteiger partial charge >= 0.3 is 5.97 Å². The van der Waals surface area contributed by atoms with E-state index in [0.717, 1.165) is 12.8 Å². The summed E-state index contributed by atoms with van der Waals surface area (Å²) in [5.74, 6) is -1.38. The Morgan fingerprint density at radius 2 is 2.07 bits per heavy atom. The monoisotopic (exact) mass is 406 g/mol. The number of rotatable bonds is 5. The number of hydrogen-bond donors (Lipinski definition) is 1. The van der Waals surface area contributed by atoms with Crippen molar-refractivity contribution in [1.82, 2.24) is 10.2 Å². The highest BCUT2D eigenvalue weighted by Crippen LogP contribution is 2.35. The molecule has 2 fully saturated rings. The molecule has 0 bridgehead atoms. The fourth-order valence-corrected chi connectivity index (χ4v) is 4.71. The summed E-state index contributed by atoms with van der Waals surface area (Å²) in [5, 5.41) is 3.92. The van der Waals surface area contributed by atoms with E-state index in [9.17, 15) is 19.2 Å². The van der Waals surface area contributed by atoms with Gasteiger partial charge in [-0.2, -0.15) is 0 Å². The first-order chi connectivity index (χ1) is 13.4. The number of imide groups is 1. The van der Waals surface area contributed by atoms with Crippen molar-refractivity contribution in [2.45, 2.75) is 45.6 Å². The number of ether oxygens (including phenoxy) is 1. The third-order valence-corrected chi connectivity index (χ3v) is 6.77. The van der Waals surface area contributed by atoms with Crippen LogP contribution in [0.5, 0.6) is 0 Å². The zero-order valence-electron chi connectivity index (χ0n) is 16.2. The van der Waals surface area contributed by atoms with Gasteiger partial charge in [0.15, 0.2) is 6.61 Å². The molecule has 1 aromatic heterocycles. The second-order valence-corrected chi connectivity index (χ2v) is 8.69. The zero-order valence-corrected chi connectivity index (χ0v) is 17.0. The highest BCUT2D eigenvalue weighted by Gasteiger charge is 2.42. The number of carbonyl (C=O) groups is 4. The van der Waals surface area contributed by atoms with Crippen molar-refractivity contribution < 1.29 is 23.9 Å². The van der Waals surface area contributed by atoms with Crippen LogP contribution in [0.3, 0.4) is 0 Å². The maximum atomic E-state index is 12.5. The Kier molecular flexibility index (Phi) is 6.49. The summed E-state index contributed by atoms with van der Waals surface area (Å²) in [6.45, 7) is 4.19. The van der Waals surface area contributed by atoms with E-state index in [2.05, 4.69) is 19.2 Å². The fourth-order valence-electron chi connectivity index (χ4n) is 4.09. The van der Waals surface area contributed by atoms with Crippen LogP contribution in [0.15, 0.2) is 17.5 Å². The Bertz CT molecular complexity index is 748. The lowest BCUT2D eigenvalue weighted by Crippen LogP contribution is -2.45. The second kappa shape index (κ2) is 8.86. The van der Waals surface area contributed by atoms with Crippen molar-refractivity contribution in [2.24, 2.45) is 17.8 Å². The molecule has 0 unspecified atom stereocenters. The first-order valence-electron chi connectivity index (χ1n) is 9.70. The smallest absolute Gasteiger partial charge is 0.311 e. The summed E-state index contributed by atoms with van der Waals surface area (Å²) >= 11 is 1.22. The van der Waals surface area contributed by atoms with Crippen molar-refractivity contribution in [3.8, 4) is 0 Å². The third-order valence-electron chi connectivity index (χ3n) is 5.90. The molecule has 4 atom stereocenters. The maximum absolute atomic E-state index is 12.5. The van der Waals surface area contributed by atoms with Crippen molar-refractivity contribution in [3.05, 3.63) is 22.4 Å². The van der Waals surface area contributed by atoms with E-state index < -0.39 is 30.3 Å². The van der Waals surface area contributed by atoms with Gasteiger partial charge in [0.25, 0.3) is 11.8 Å². The van der Waals surface area contributed by atoms with Crippen LogP contribution in [0.25, 0.3) is 0 Å². The highest BCUT2D eigenvalue weighted by atomic mass is 32.1. The van der Waals surface area contributed by atoms with E-state index in [0.29, 0.717) is 23.3 Å². The van der Waals surface area contributed by atoms with E-state index in [1.165, 1.54) is 17.8 Å². The van der Waals surface area contributed by atoms with Gasteiger partial charge in [-0.1, -0.05) is 32.8 Å². The summed E-state index contributed by atoms with van der Waals surface area (Å²) in [4.78, 5) is 50.7. The van der Waals surface area contributed by atoms with Gasteiger partial charge in [0.1, 0.15) is 0 Å². The quantitative estimate of drug-likeness (QED) is 0.757. The largest absolute Gasteiger partial charge is 0.455 e. The molecule has 0 radical (unpaired) electrons. The van der Waals surface area contributed by atoms with E-state index in [1.807, 2.05) is 4.90 Å². The van der Waals surface area contributed by atoms with Gasteiger partial charge in [-0.15, -0.1) is 11.3 Å². The van der Waals surface area contributed by atoms with Gasteiger partial charge in [0.2, 0.25) is 5.91 Å². The van der Waals surface area contributed by atoms with Crippen LogP contribution in [0, 0.1) is 17.8 Å². The molecule has 28 heavy (non-hydrogen) atoms. The molecular weight excluding hydrogens is 380 g/mol. The standard InChI is InChI=1S/C20H26N2O5S/c1-12-5-3-6-15(13(12)2)22-10-14(9-18(22)24)20(26)27-11-17(23)21-19(25)16-7-4-8-28-16/h4,7-8,12-15H,3,5-6,9-11H2,1-2H3,(H,21,23,25)/t12-,13-,14-,15+/m1/s1. The average Bonchev–Trinajstić information content (AvgIpc) is 3.32. The molecule has 2 aliphatic rings. The summed E-state index contributed by atoms with van der Waals surface area (Å²) in [6, 6.07) is 3.48. The average molecular weight is 407 g/mol. The van der Waals surface area contributed by atoms with Gasteiger partial charge in [-0.25, -0.2) is 0 Å². The molecule has 2 heterocycles. The number of thiophene rings is 1. The lowest BCUT2D eigenvalue weighted by molar-refractivity contribution is -0.152. The molecule has 1 saturated heterocycles. The lowest BCUT2D eigenvalue weighted by Gasteiger charge is -2.39. The summed E-state index contributed by atoms with van der Waals surface area (Å²) in [7, 11) is 0. The predicted molar refractivity (Wildman–Crippen MR) is 104 cm³/mol. The summed E-state index contributed by atoms with van der Waals surface area (Å²) < 4.78 is 5.06. The Morgan fingerprint density at radius 1 is 1.29 bits per heavy atom. The SMILES string of the molecule is C[C@@H]1[C@H](C)CCC[C@@H]1N1C[C@H](C(=O)OCC(=O)NC(=O)c2cccs2)CC1=O. The number of hydrogen-bond acceptors (Lipinski definition) is 6. The molecular formula is C20H26N2O5S. The number of likely N-dealkylation sites (tertiary alicyclic amines) is 1. The Balaban J connectivity index is 1.48. The number of carbonyl (C=O) groups excluding carboxylic acids is 4. The highest BCUT2D eigenvalue weighted by molar-refractivity contribution is 7.12. The predicted octanol–water partition coefficient (Wildman–Crippen LogP) is 2.22. The number of esters is 1. The zero-order chi connectivity index (χ0) is 20.3. The van der Waals surface area contributed by atoms with E-state index >= 15 is 0 Å². The summed E-state index contributed by atoms with van der Waals surface area (Å²) in [5.41, 5.74) is 0. The van der Waals surface area contributed by atoms with Crippen LogP contribution in [0.1, 0.15) is 49.2 Å². The van der Waals surface area contributed by atoms with Crippen molar-refractivity contribution in [2.75, 3.05) is 13.2 Å². The molecule has 1 N–H and O–H groups in total. The molecule has 0 spiro atoms. The molecule has 8 heteroatoms. The second-order valence-electron chi connectivity index (χ2n) is 7.74. The first-order valence-corrected chi connectivity index (χ1v) is 10.6. The van der Waals surface area contributed by atoms with Gasteiger partial charge in [0, 0.05) is 19.0 Å². The fraction of sp³-hybridized carbons (Fsp3) is 0.600. The van der Waals surface area contributed by atoms with E-state index in [-0.39, 0.29) is 18.4 Å². The molecule has 3 rings (SSSR count). The Morgan fingerprint density at radius 3 is 2.79 bits per heavy atom. The van der Waals surface area contributed by atoms with Gasteiger partial charge in [-0.05, 0) is 29.7 Å². The van der Waals surface area contributed by atoms with Crippen LogP contribution in [0.4, 0.5) is 0 Å². The number of nitrogens with one attached hydrogen (secondary N) is 1. The van der Waals surface area contributed by atoms with Gasteiger partial charge in [-0.3, -0.25) is 24.5 Å². The molecule has 0 aromatic carbocycles. The van der Waals surface area contributed by atoms with Crippen LogP contribution in [-0.4, -0.2) is 47.8 Å². The first kappa shape index (κ1) is 20.5. The minimum Gasteiger partial charge on any atom is -0.455 e. The Labute approximate surface area is 168 Å². The topological polar surface area (TPSA) is 92.8 Å². The minimum absolute atomic E-state index is 0.0229. The molecule has 1 saturated carbocycles. The lowest BCUT2D eigenvalue weighted by atomic mass is 9.77. The number of nitrogens with zero attached hydrogens (tertiary/aromatic N) is 1. The number of amides is 3. The summed E-state index contributed by atoms with van der Waals surface area (Å²) in [6.07, 6.45) is 3.34. The van der Waals surface area contributed by atoms with E-state index in [4.69, 9.17) is 4.74 Å². The third kappa shape index (κ3) is 4.60. The van der Waals surface area contributed by atoms with Crippen LogP contribution in [0.2, 0.25) is 0 Å². The molecule has 1 aliphatic carbocycles.